The SMILES string of the molecule is Cc1ccc(C(=O)NCC(Br)c2ccccc2)cc1F. The Morgan fingerprint density at radius 1 is 1.25 bits per heavy atom. The van der Waals surface area contributed by atoms with E-state index in [1.54, 1.807) is 19.1 Å². The van der Waals surface area contributed by atoms with E-state index in [0.29, 0.717) is 17.7 Å². The van der Waals surface area contributed by atoms with Gasteiger partial charge in [0.05, 0.1) is 4.83 Å². The second-order valence-corrected chi connectivity index (χ2v) is 5.66. The molecule has 4 heteroatoms. The summed E-state index contributed by atoms with van der Waals surface area (Å²) in [6.45, 7) is 2.11. The van der Waals surface area contributed by atoms with Crippen LogP contribution in [0.1, 0.15) is 26.3 Å². The summed E-state index contributed by atoms with van der Waals surface area (Å²) in [6, 6.07) is 14.3. The first-order valence-corrected chi connectivity index (χ1v) is 7.23. The van der Waals surface area contributed by atoms with Gasteiger partial charge in [0.15, 0.2) is 0 Å². The molecule has 104 valence electrons. The average molecular weight is 336 g/mol. The van der Waals surface area contributed by atoms with Gasteiger partial charge in [-0.3, -0.25) is 4.79 Å². The number of nitrogens with one attached hydrogen (secondary N) is 1. The van der Waals surface area contributed by atoms with E-state index in [0.717, 1.165) is 5.56 Å². The zero-order valence-electron chi connectivity index (χ0n) is 11.1. The molecule has 0 fully saturated rings. The molecule has 1 N–H and O–H groups in total. The van der Waals surface area contributed by atoms with Crippen LogP contribution in [0.3, 0.4) is 0 Å². The summed E-state index contributed by atoms with van der Waals surface area (Å²) in [5.74, 6) is -0.639. The van der Waals surface area contributed by atoms with Crippen molar-refractivity contribution < 1.29 is 9.18 Å². The van der Waals surface area contributed by atoms with E-state index in [1.165, 1.54) is 6.07 Å². The number of amides is 1. The van der Waals surface area contributed by atoms with Gasteiger partial charge in [0, 0.05) is 12.1 Å². The molecule has 0 aliphatic rings. The molecule has 0 saturated carbocycles. The molecule has 2 aromatic rings. The van der Waals surface area contributed by atoms with Crippen molar-refractivity contribution in [1.82, 2.24) is 5.32 Å². The van der Waals surface area contributed by atoms with Gasteiger partial charge < -0.3 is 5.32 Å². The Morgan fingerprint density at radius 2 is 1.95 bits per heavy atom. The van der Waals surface area contributed by atoms with Crippen LogP contribution in [0.4, 0.5) is 4.39 Å². The van der Waals surface area contributed by atoms with Crippen molar-refractivity contribution >= 4 is 21.8 Å². The van der Waals surface area contributed by atoms with E-state index >= 15 is 0 Å². The predicted octanol–water partition coefficient (Wildman–Crippen LogP) is 4.00. The maximum atomic E-state index is 13.4. The molecule has 0 spiro atoms. The third-order valence-electron chi connectivity index (χ3n) is 3.04. The summed E-state index contributed by atoms with van der Waals surface area (Å²) in [6.07, 6.45) is 0. The number of aryl methyl sites for hydroxylation is 1. The van der Waals surface area contributed by atoms with E-state index < -0.39 is 0 Å². The molecule has 0 saturated heterocycles. The minimum absolute atomic E-state index is 0.0305. The van der Waals surface area contributed by atoms with Crippen molar-refractivity contribution in [1.29, 1.82) is 0 Å². The minimum atomic E-state index is -0.365. The van der Waals surface area contributed by atoms with Gasteiger partial charge in [-0.15, -0.1) is 0 Å². The zero-order valence-corrected chi connectivity index (χ0v) is 12.7. The smallest absolute Gasteiger partial charge is 0.251 e. The number of hydrogen-bond acceptors (Lipinski definition) is 1. The Kier molecular flexibility index (Phi) is 4.90. The summed E-state index contributed by atoms with van der Waals surface area (Å²) in [5, 5.41) is 2.79. The quantitative estimate of drug-likeness (QED) is 0.840. The summed E-state index contributed by atoms with van der Waals surface area (Å²) in [4.78, 5) is 12.0. The topological polar surface area (TPSA) is 29.1 Å². The second kappa shape index (κ2) is 6.66. The molecule has 2 nitrogen and oxygen atoms in total. The third kappa shape index (κ3) is 3.67. The first-order chi connectivity index (χ1) is 9.58. The number of rotatable bonds is 4. The van der Waals surface area contributed by atoms with Crippen LogP contribution in [0.2, 0.25) is 0 Å². The molecule has 2 aromatic carbocycles. The first-order valence-electron chi connectivity index (χ1n) is 6.31. The van der Waals surface area contributed by atoms with Crippen LogP contribution < -0.4 is 5.32 Å². The fourth-order valence-corrected chi connectivity index (χ4v) is 2.27. The van der Waals surface area contributed by atoms with E-state index in [-0.39, 0.29) is 16.6 Å². The summed E-state index contributed by atoms with van der Waals surface area (Å²) in [5.41, 5.74) is 1.95. The number of benzene rings is 2. The van der Waals surface area contributed by atoms with E-state index in [4.69, 9.17) is 0 Å². The molecule has 20 heavy (non-hydrogen) atoms. The normalized spacial score (nSPS) is 11.9. The van der Waals surface area contributed by atoms with Gasteiger partial charge in [-0.05, 0) is 30.2 Å². The molecule has 0 aliphatic carbocycles. The van der Waals surface area contributed by atoms with Crippen molar-refractivity contribution in [3.05, 3.63) is 71.0 Å². The first kappa shape index (κ1) is 14.7. The molecular formula is C16H15BrFNO. The van der Waals surface area contributed by atoms with Crippen LogP contribution in [0.5, 0.6) is 0 Å². The van der Waals surface area contributed by atoms with Crippen LogP contribution in [0.25, 0.3) is 0 Å². The zero-order chi connectivity index (χ0) is 14.5. The lowest BCUT2D eigenvalue weighted by Gasteiger charge is -2.12. The highest BCUT2D eigenvalue weighted by molar-refractivity contribution is 9.09. The standard InChI is InChI=1S/C16H15BrFNO/c1-11-7-8-13(9-15(11)18)16(20)19-10-14(17)12-5-3-2-4-6-12/h2-9,14H,10H2,1H3,(H,19,20). The maximum absolute atomic E-state index is 13.4. The van der Waals surface area contributed by atoms with Crippen molar-refractivity contribution in [3.63, 3.8) is 0 Å². The number of halogens is 2. The Labute approximate surface area is 126 Å². The summed E-state index contributed by atoms with van der Waals surface area (Å²) < 4.78 is 13.4. The van der Waals surface area contributed by atoms with E-state index in [2.05, 4.69) is 21.2 Å². The van der Waals surface area contributed by atoms with E-state index in [1.807, 2.05) is 30.3 Å². The Balaban J connectivity index is 1.97. The van der Waals surface area contributed by atoms with Crippen LogP contribution in [-0.4, -0.2) is 12.5 Å². The van der Waals surface area contributed by atoms with Gasteiger partial charge in [0.25, 0.3) is 5.91 Å². The molecule has 0 aromatic heterocycles. The molecule has 1 unspecified atom stereocenters. The largest absolute Gasteiger partial charge is 0.351 e. The van der Waals surface area contributed by atoms with E-state index in [9.17, 15) is 9.18 Å². The number of hydrogen-bond donors (Lipinski definition) is 1. The predicted molar refractivity (Wildman–Crippen MR) is 81.6 cm³/mol. The highest BCUT2D eigenvalue weighted by Gasteiger charge is 2.11. The third-order valence-corrected chi connectivity index (χ3v) is 3.89. The lowest BCUT2D eigenvalue weighted by molar-refractivity contribution is 0.0953. The summed E-state index contributed by atoms with van der Waals surface area (Å²) in [7, 11) is 0. The van der Waals surface area contributed by atoms with Crippen LogP contribution in [0, 0.1) is 12.7 Å². The molecule has 0 radical (unpaired) electrons. The van der Waals surface area contributed by atoms with Crippen molar-refractivity contribution in [2.75, 3.05) is 6.54 Å². The average Bonchev–Trinajstić information content (AvgIpc) is 2.48. The Morgan fingerprint density at radius 3 is 2.60 bits per heavy atom. The van der Waals surface area contributed by atoms with Crippen molar-refractivity contribution in [3.8, 4) is 0 Å². The highest BCUT2D eigenvalue weighted by Crippen LogP contribution is 2.21. The lowest BCUT2D eigenvalue weighted by atomic mass is 10.1. The molecule has 2 rings (SSSR count). The molecule has 0 bridgehead atoms. The van der Waals surface area contributed by atoms with Crippen molar-refractivity contribution in [2.45, 2.75) is 11.8 Å². The van der Waals surface area contributed by atoms with Crippen LogP contribution in [0.15, 0.2) is 48.5 Å². The molecule has 0 aliphatic heterocycles. The number of carbonyl (C=O) groups excluding carboxylic acids is 1. The van der Waals surface area contributed by atoms with Gasteiger partial charge >= 0.3 is 0 Å². The monoisotopic (exact) mass is 335 g/mol. The number of alkyl halides is 1. The fraction of sp³-hybridized carbons (Fsp3) is 0.188. The molecule has 1 amide bonds. The van der Waals surface area contributed by atoms with Crippen LogP contribution in [-0.2, 0) is 0 Å². The molecule has 1 atom stereocenters. The van der Waals surface area contributed by atoms with Gasteiger partial charge in [-0.2, -0.15) is 0 Å². The van der Waals surface area contributed by atoms with Gasteiger partial charge in [0.1, 0.15) is 5.82 Å². The van der Waals surface area contributed by atoms with Crippen LogP contribution >= 0.6 is 15.9 Å². The fourth-order valence-electron chi connectivity index (χ4n) is 1.80. The Bertz CT molecular complexity index is 601. The van der Waals surface area contributed by atoms with Gasteiger partial charge in [0.2, 0.25) is 0 Å². The second-order valence-electron chi connectivity index (χ2n) is 4.55. The Hall–Kier alpha value is -1.68. The number of carbonyl (C=O) groups is 1. The van der Waals surface area contributed by atoms with Crippen molar-refractivity contribution in [2.24, 2.45) is 0 Å². The highest BCUT2D eigenvalue weighted by atomic mass is 79.9. The summed E-state index contributed by atoms with van der Waals surface area (Å²) >= 11 is 3.52. The van der Waals surface area contributed by atoms with Gasteiger partial charge in [-0.1, -0.05) is 52.3 Å². The van der Waals surface area contributed by atoms with Gasteiger partial charge in [-0.25, -0.2) is 4.39 Å². The molecular weight excluding hydrogens is 321 g/mol. The lowest BCUT2D eigenvalue weighted by Crippen LogP contribution is -2.26. The minimum Gasteiger partial charge on any atom is -0.351 e. The maximum Gasteiger partial charge on any atom is 0.251 e. The molecule has 0 heterocycles.